The van der Waals surface area contributed by atoms with E-state index in [0.717, 1.165) is 11.3 Å². The lowest BCUT2D eigenvalue weighted by molar-refractivity contribution is -0.140. The molecule has 0 aromatic heterocycles. The van der Waals surface area contributed by atoms with Crippen LogP contribution in [0.4, 0.5) is 5.69 Å². The topological polar surface area (TPSA) is 161 Å². The fourth-order valence-electron chi connectivity index (χ4n) is 4.30. The fraction of sp³-hybridized carbons (Fsp3) is 0.433. The highest BCUT2D eigenvalue weighted by Gasteiger charge is 2.33. The molecular weight excluding hydrogens is 574 g/mol. The van der Waals surface area contributed by atoms with E-state index in [1.54, 1.807) is 39.2 Å². The van der Waals surface area contributed by atoms with Crippen LogP contribution in [-0.4, -0.2) is 88.8 Å². The van der Waals surface area contributed by atoms with Crippen LogP contribution < -0.4 is 19.7 Å². The van der Waals surface area contributed by atoms with Gasteiger partial charge in [0.2, 0.25) is 0 Å². The number of piperazine rings is 1. The molecule has 0 aliphatic carbocycles. The van der Waals surface area contributed by atoms with Gasteiger partial charge in [0, 0.05) is 63.1 Å². The molecule has 0 spiro atoms. The van der Waals surface area contributed by atoms with Crippen molar-refractivity contribution in [3.05, 3.63) is 59.2 Å². The number of nitrogens with one attached hydrogen (secondary N) is 2. The molecule has 2 aromatic rings. The molecule has 43 heavy (non-hydrogen) atoms. The summed E-state index contributed by atoms with van der Waals surface area (Å²) in [5.41, 5.74) is 2.54. The van der Waals surface area contributed by atoms with Crippen LogP contribution in [0.25, 0.3) is 0 Å². The molecule has 1 amide bonds. The highest BCUT2D eigenvalue weighted by molar-refractivity contribution is 7.87. The van der Waals surface area contributed by atoms with Crippen molar-refractivity contribution in [3.63, 3.8) is 0 Å². The SMILES string of the molecule is COCCCOc1ccc(C#Cc2ccc(N3CCN(S(=O)(=O)NC(C(=O)O)C(C)C)CC3)cc2)cc1C(=O)NCC#N. The smallest absolute Gasteiger partial charge is 0.322 e. The third-order valence-corrected chi connectivity index (χ3v) is 8.27. The maximum absolute atomic E-state index is 12.7. The molecule has 1 atom stereocenters. The highest BCUT2D eigenvalue weighted by atomic mass is 32.2. The minimum atomic E-state index is -3.94. The lowest BCUT2D eigenvalue weighted by atomic mass is 10.1. The Hall–Kier alpha value is -4.14. The van der Waals surface area contributed by atoms with Crippen molar-refractivity contribution in [1.82, 2.24) is 14.3 Å². The normalized spacial score (nSPS) is 14.3. The van der Waals surface area contributed by atoms with Gasteiger partial charge in [-0.1, -0.05) is 25.7 Å². The predicted octanol–water partition coefficient (Wildman–Crippen LogP) is 1.82. The molecule has 1 aliphatic rings. The summed E-state index contributed by atoms with van der Waals surface area (Å²) in [5, 5.41) is 20.7. The fourth-order valence-corrected chi connectivity index (χ4v) is 5.79. The Morgan fingerprint density at radius 2 is 1.67 bits per heavy atom. The van der Waals surface area contributed by atoms with Crippen molar-refractivity contribution >= 4 is 27.8 Å². The Kier molecular flexibility index (Phi) is 12.3. The summed E-state index contributed by atoms with van der Waals surface area (Å²) >= 11 is 0. The number of methoxy groups -OCH3 is 1. The molecule has 230 valence electrons. The maximum atomic E-state index is 12.7. The average Bonchev–Trinajstić information content (AvgIpc) is 3.00. The third kappa shape index (κ3) is 9.70. The molecule has 1 aliphatic heterocycles. The summed E-state index contributed by atoms with van der Waals surface area (Å²) in [4.78, 5) is 26.1. The van der Waals surface area contributed by atoms with E-state index in [0.29, 0.717) is 44.0 Å². The van der Waals surface area contributed by atoms with Gasteiger partial charge in [-0.2, -0.15) is 22.7 Å². The summed E-state index contributed by atoms with van der Waals surface area (Å²) in [6.07, 6.45) is 0.658. The van der Waals surface area contributed by atoms with E-state index in [9.17, 15) is 23.1 Å². The van der Waals surface area contributed by atoms with Crippen LogP contribution in [0.3, 0.4) is 0 Å². The molecule has 1 unspecified atom stereocenters. The lowest BCUT2D eigenvalue weighted by Gasteiger charge is -2.36. The molecule has 1 fully saturated rings. The average molecular weight is 612 g/mol. The second-order valence-corrected chi connectivity index (χ2v) is 11.8. The van der Waals surface area contributed by atoms with Crippen molar-refractivity contribution in [2.24, 2.45) is 5.92 Å². The van der Waals surface area contributed by atoms with Crippen LogP contribution in [0.2, 0.25) is 0 Å². The summed E-state index contributed by atoms with van der Waals surface area (Å²) in [6, 6.07) is 13.3. The predicted molar refractivity (Wildman–Crippen MR) is 161 cm³/mol. The van der Waals surface area contributed by atoms with E-state index in [1.807, 2.05) is 30.3 Å². The number of hydrogen-bond donors (Lipinski definition) is 3. The number of ether oxygens (including phenoxy) is 2. The third-order valence-electron chi connectivity index (χ3n) is 6.67. The Labute approximate surface area is 252 Å². The van der Waals surface area contributed by atoms with Gasteiger partial charge in [-0.15, -0.1) is 0 Å². The number of nitrogens with zero attached hydrogens (tertiary/aromatic N) is 3. The quantitative estimate of drug-likeness (QED) is 0.174. The van der Waals surface area contributed by atoms with Gasteiger partial charge in [-0.25, -0.2) is 0 Å². The number of aliphatic carboxylic acids is 1. The van der Waals surface area contributed by atoms with Crippen LogP contribution in [0.5, 0.6) is 5.75 Å². The first-order valence-electron chi connectivity index (χ1n) is 13.8. The second kappa shape index (κ2) is 15.9. The number of carbonyl (C=O) groups is 2. The number of rotatable bonds is 13. The molecule has 3 rings (SSSR count). The highest BCUT2D eigenvalue weighted by Crippen LogP contribution is 2.22. The van der Waals surface area contributed by atoms with Crippen LogP contribution in [0.15, 0.2) is 42.5 Å². The molecule has 0 bridgehead atoms. The first-order valence-corrected chi connectivity index (χ1v) is 15.3. The second-order valence-electron chi connectivity index (χ2n) is 10.1. The molecule has 1 heterocycles. The molecule has 12 nitrogen and oxygen atoms in total. The maximum Gasteiger partial charge on any atom is 0.322 e. The summed E-state index contributed by atoms with van der Waals surface area (Å²) in [5.74, 6) is 4.52. The number of anilines is 1. The molecule has 13 heteroatoms. The van der Waals surface area contributed by atoms with E-state index >= 15 is 0 Å². The molecular formula is C30H37N5O7S. The van der Waals surface area contributed by atoms with E-state index in [1.165, 1.54) is 4.31 Å². The Bertz CT molecular complexity index is 1470. The van der Waals surface area contributed by atoms with Gasteiger partial charge in [0.05, 0.1) is 18.2 Å². The minimum absolute atomic E-state index is 0.130. The first kappa shape index (κ1) is 33.4. The van der Waals surface area contributed by atoms with Crippen molar-refractivity contribution in [2.75, 3.05) is 57.9 Å². The number of amides is 1. The number of carbonyl (C=O) groups excluding carboxylic acids is 1. The molecule has 3 N–H and O–H groups in total. The summed E-state index contributed by atoms with van der Waals surface area (Å²) < 4.78 is 39.8. The number of carboxylic acids is 1. The zero-order valence-corrected chi connectivity index (χ0v) is 25.3. The monoisotopic (exact) mass is 611 g/mol. The molecule has 0 radical (unpaired) electrons. The summed E-state index contributed by atoms with van der Waals surface area (Å²) in [7, 11) is -2.33. The standard InChI is InChI=1S/C30H37N5O7S/c1-22(2)28(30(37)38)33-43(39,40)35-17-15-34(16-18-35)25-10-7-23(8-11-25)5-6-24-9-12-27(42-20-4-19-41-3)26(21-24)29(36)32-14-13-31/h7-12,21-22,28,33H,4,14-20H2,1-3H3,(H,32,36)(H,37,38). The zero-order valence-electron chi connectivity index (χ0n) is 24.5. The Morgan fingerprint density at radius 3 is 2.28 bits per heavy atom. The number of hydrogen-bond acceptors (Lipinski definition) is 8. The van der Waals surface area contributed by atoms with Crippen molar-refractivity contribution in [3.8, 4) is 23.7 Å². The largest absolute Gasteiger partial charge is 0.493 e. The van der Waals surface area contributed by atoms with Gasteiger partial charge >= 0.3 is 5.97 Å². The number of benzene rings is 2. The minimum Gasteiger partial charge on any atom is -0.493 e. The van der Waals surface area contributed by atoms with E-state index in [-0.39, 0.29) is 25.2 Å². The molecule has 2 aromatic carbocycles. The number of carboxylic acid groups (broad SMARTS) is 1. The van der Waals surface area contributed by atoms with E-state index in [2.05, 4.69) is 26.8 Å². The van der Waals surface area contributed by atoms with Crippen LogP contribution in [0, 0.1) is 29.1 Å². The Morgan fingerprint density at radius 1 is 1.02 bits per heavy atom. The Balaban J connectivity index is 1.65. The van der Waals surface area contributed by atoms with Crippen molar-refractivity contribution in [2.45, 2.75) is 26.3 Å². The molecule has 0 saturated carbocycles. The van der Waals surface area contributed by atoms with E-state index < -0.39 is 34.0 Å². The van der Waals surface area contributed by atoms with Gasteiger partial charge < -0.3 is 24.8 Å². The first-order chi connectivity index (χ1) is 20.6. The van der Waals surface area contributed by atoms with Crippen LogP contribution in [0.1, 0.15) is 41.8 Å². The van der Waals surface area contributed by atoms with Crippen molar-refractivity contribution in [1.29, 1.82) is 5.26 Å². The van der Waals surface area contributed by atoms with E-state index in [4.69, 9.17) is 14.7 Å². The van der Waals surface area contributed by atoms with Gasteiger partial charge in [0.1, 0.15) is 18.3 Å². The zero-order chi connectivity index (χ0) is 31.4. The molecule has 1 saturated heterocycles. The van der Waals surface area contributed by atoms with Gasteiger partial charge in [0.15, 0.2) is 0 Å². The number of nitriles is 1. The van der Waals surface area contributed by atoms with Gasteiger partial charge in [-0.05, 0) is 48.4 Å². The van der Waals surface area contributed by atoms with Crippen LogP contribution in [-0.2, 0) is 19.7 Å². The van der Waals surface area contributed by atoms with Gasteiger partial charge in [-0.3, -0.25) is 9.59 Å². The summed E-state index contributed by atoms with van der Waals surface area (Å²) in [6.45, 7) is 5.41. The lowest BCUT2D eigenvalue weighted by Crippen LogP contribution is -2.55. The van der Waals surface area contributed by atoms with Gasteiger partial charge in [0.25, 0.3) is 16.1 Å². The van der Waals surface area contributed by atoms with Crippen molar-refractivity contribution < 1.29 is 32.6 Å². The van der Waals surface area contributed by atoms with Crippen LogP contribution >= 0.6 is 0 Å².